The van der Waals surface area contributed by atoms with E-state index in [2.05, 4.69) is 15.0 Å². The summed E-state index contributed by atoms with van der Waals surface area (Å²) in [6, 6.07) is 6.46. The summed E-state index contributed by atoms with van der Waals surface area (Å²) in [7, 11) is 3.13. The number of esters is 1. The summed E-state index contributed by atoms with van der Waals surface area (Å²) in [5, 5.41) is 2.90. The number of benzene rings is 1. The quantitative estimate of drug-likeness (QED) is 0.374. The van der Waals surface area contributed by atoms with Crippen LogP contribution in [0.1, 0.15) is 35.7 Å². The standard InChI is InChI=1S/C19H24N4O4S2/c1-11-15(18(26)21-10-4-5-14(24)27-3)29-19(23(11)2)22-17(25)13-8-6-12(7-9-13)16(20)28/h6-9,11,15H,4-5,10H2,1-3H3,(H2,20,28)(H,21,26). The predicted octanol–water partition coefficient (Wildman–Crippen LogP) is 1.32. The Morgan fingerprint density at radius 1 is 1.28 bits per heavy atom. The molecule has 10 heteroatoms. The Labute approximate surface area is 179 Å². The van der Waals surface area contributed by atoms with Crippen molar-refractivity contribution in [3.8, 4) is 0 Å². The second kappa shape index (κ2) is 10.4. The number of amidine groups is 1. The Hall–Kier alpha value is -2.46. The van der Waals surface area contributed by atoms with Crippen LogP contribution in [0.3, 0.4) is 0 Å². The summed E-state index contributed by atoms with van der Waals surface area (Å²) in [6.07, 6.45) is 0.751. The van der Waals surface area contributed by atoms with Gasteiger partial charge in [0.1, 0.15) is 10.2 Å². The van der Waals surface area contributed by atoms with Crippen molar-refractivity contribution in [2.24, 2.45) is 10.7 Å². The fraction of sp³-hybridized carbons (Fsp3) is 0.421. The fourth-order valence-electron chi connectivity index (χ4n) is 2.63. The monoisotopic (exact) mass is 436 g/mol. The molecule has 0 aromatic heterocycles. The third-order valence-electron chi connectivity index (χ3n) is 4.54. The minimum Gasteiger partial charge on any atom is -0.469 e. The van der Waals surface area contributed by atoms with E-state index in [0.29, 0.717) is 29.3 Å². The van der Waals surface area contributed by atoms with Crippen LogP contribution in [0.2, 0.25) is 0 Å². The number of ether oxygens (including phenoxy) is 1. The Balaban J connectivity index is 1.98. The van der Waals surface area contributed by atoms with Crippen molar-refractivity contribution in [1.82, 2.24) is 10.2 Å². The maximum absolute atomic E-state index is 12.5. The summed E-state index contributed by atoms with van der Waals surface area (Å²) < 4.78 is 4.57. The van der Waals surface area contributed by atoms with Gasteiger partial charge in [0.25, 0.3) is 5.91 Å². The van der Waals surface area contributed by atoms with Gasteiger partial charge in [-0.15, -0.1) is 0 Å². The van der Waals surface area contributed by atoms with E-state index in [9.17, 15) is 14.4 Å². The maximum atomic E-state index is 12.5. The van der Waals surface area contributed by atoms with Gasteiger partial charge in [-0.3, -0.25) is 14.4 Å². The molecule has 2 unspecified atom stereocenters. The first-order chi connectivity index (χ1) is 13.7. The molecular weight excluding hydrogens is 412 g/mol. The van der Waals surface area contributed by atoms with E-state index in [1.165, 1.54) is 18.9 Å². The predicted molar refractivity (Wildman–Crippen MR) is 117 cm³/mol. The normalized spacial score (nSPS) is 19.8. The van der Waals surface area contributed by atoms with Gasteiger partial charge < -0.3 is 20.7 Å². The number of carbonyl (C=O) groups excluding carboxylic acids is 3. The smallest absolute Gasteiger partial charge is 0.305 e. The van der Waals surface area contributed by atoms with E-state index in [0.717, 1.165) is 0 Å². The van der Waals surface area contributed by atoms with Crippen molar-refractivity contribution in [2.75, 3.05) is 20.7 Å². The molecule has 2 rings (SSSR count). The van der Waals surface area contributed by atoms with Crippen molar-refractivity contribution in [3.63, 3.8) is 0 Å². The number of carbonyl (C=O) groups is 3. The summed E-state index contributed by atoms with van der Waals surface area (Å²) in [5.74, 6) is -0.866. The molecule has 2 atom stereocenters. The molecule has 0 bridgehead atoms. The van der Waals surface area contributed by atoms with E-state index in [1.54, 1.807) is 31.3 Å². The third kappa shape index (κ3) is 6.01. The molecule has 1 aromatic rings. The minimum atomic E-state index is -0.403. The summed E-state index contributed by atoms with van der Waals surface area (Å²) in [6.45, 7) is 2.28. The molecule has 0 radical (unpaired) electrons. The number of nitrogens with two attached hydrogens (primary N) is 1. The molecule has 156 valence electrons. The largest absolute Gasteiger partial charge is 0.469 e. The van der Waals surface area contributed by atoms with Gasteiger partial charge in [0.15, 0.2) is 5.17 Å². The van der Waals surface area contributed by atoms with E-state index >= 15 is 0 Å². The second-order valence-corrected chi connectivity index (χ2v) is 8.05. The van der Waals surface area contributed by atoms with Crippen molar-refractivity contribution < 1.29 is 19.1 Å². The van der Waals surface area contributed by atoms with E-state index < -0.39 is 11.2 Å². The number of amides is 2. The highest BCUT2D eigenvalue weighted by atomic mass is 32.2. The highest BCUT2D eigenvalue weighted by Crippen LogP contribution is 2.31. The zero-order valence-corrected chi connectivity index (χ0v) is 18.1. The zero-order valence-electron chi connectivity index (χ0n) is 16.5. The zero-order chi connectivity index (χ0) is 21.6. The number of thioether (sulfide) groups is 1. The molecule has 1 saturated heterocycles. The van der Waals surface area contributed by atoms with Gasteiger partial charge in [0.05, 0.1) is 7.11 Å². The van der Waals surface area contributed by atoms with Crippen molar-refractivity contribution >= 4 is 51.9 Å². The molecule has 0 spiro atoms. The summed E-state index contributed by atoms with van der Waals surface area (Å²) >= 11 is 6.15. The molecule has 3 N–H and O–H groups in total. The molecule has 1 fully saturated rings. The summed E-state index contributed by atoms with van der Waals surface area (Å²) in [5.41, 5.74) is 6.65. The van der Waals surface area contributed by atoms with Crippen LogP contribution in [-0.4, -0.2) is 64.8 Å². The van der Waals surface area contributed by atoms with Crippen LogP contribution >= 0.6 is 24.0 Å². The molecule has 2 amide bonds. The van der Waals surface area contributed by atoms with Gasteiger partial charge in [0, 0.05) is 37.2 Å². The SMILES string of the molecule is COC(=O)CCCNC(=O)C1SC(=NC(=O)c2ccc(C(N)=S)cc2)N(C)C1C. The highest BCUT2D eigenvalue weighted by Gasteiger charge is 2.39. The van der Waals surface area contributed by atoms with Gasteiger partial charge in [-0.1, -0.05) is 36.1 Å². The lowest BCUT2D eigenvalue weighted by atomic mass is 10.1. The van der Waals surface area contributed by atoms with Crippen LogP contribution < -0.4 is 11.1 Å². The lowest BCUT2D eigenvalue weighted by Gasteiger charge is -2.19. The van der Waals surface area contributed by atoms with Crippen molar-refractivity contribution in [3.05, 3.63) is 35.4 Å². The number of hydrogen-bond acceptors (Lipinski definition) is 6. The first-order valence-corrected chi connectivity index (χ1v) is 10.3. The number of methoxy groups -OCH3 is 1. The van der Waals surface area contributed by atoms with Crippen molar-refractivity contribution in [2.45, 2.75) is 31.1 Å². The highest BCUT2D eigenvalue weighted by molar-refractivity contribution is 8.15. The Morgan fingerprint density at radius 3 is 2.48 bits per heavy atom. The number of nitrogens with zero attached hydrogens (tertiary/aromatic N) is 2. The van der Waals surface area contributed by atoms with Gasteiger partial charge in [-0.05, 0) is 25.5 Å². The van der Waals surface area contributed by atoms with E-state index in [1.807, 2.05) is 11.8 Å². The second-order valence-electron chi connectivity index (χ2n) is 6.50. The first kappa shape index (κ1) is 22.8. The Bertz CT molecular complexity index is 826. The van der Waals surface area contributed by atoms with E-state index in [-0.39, 0.29) is 29.3 Å². The molecule has 1 aromatic carbocycles. The number of rotatable bonds is 7. The molecule has 1 aliphatic heterocycles. The average Bonchev–Trinajstić information content (AvgIpc) is 2.99. The van der Waals surface area contributed by atoms with Gasteiger partial charge >= 0.3 is 5.97 Å². The Morgan fingerprint density at radius 2 is 1.90 bits per heavy atom. The Kier molecular flexibility index (Phi) is 8.15. The van der Waals surface area contributed by atoms with Crippen molar-refractivity contribution in [1.29, 1.82) is 0 Å². The molecular formula is C19H24N4O4S2. The van der Waals surface area contributed by atoms with E-state index in [4.69, 9.17) is 18.0 Å². The fourth-order valence-corrected chi connectivity index (χ4v) is 4.03. The minimum absolute atomic E-state index is 0.135. The maximum Gasteiger partial charge on any atom is 0.305 e. The van der Waals surface area contributed by atoms with Crippen LogP contribution in [0.4, 0.5) is 0 Å². The number of hydrogen-bond donors (Lipinski definition) is 2. The van der Waals surface area contributed by atoms with Crippen LogP contribution in [0.15, 0.2) is 29.3 Å². The average molecular weight is 437 g/mol. The number of thiocarbonyl (C=S) groups is 1. The molecule has 0 saturated carbocycles. The van der Waals surface area contributed by atoms with Crippen LogP contribution in [0.5, 0.6) is 0 Å². The summed E-state index contributed by atoms with van der Waals surface area (Å²) in [4.78, 5) is 42.3. The lowest BCUT2D eigenvalue weighted by molar-refractivity contribution is -0.140. The molecule has 1 aliphatic rings. The van der Waals surface area contributed by atoms with Gasteiger partial charge in [-0.2, -0.15) is 4.99 Å². The molecule has 0 aliphatic carbocycles. The number of aliphatic imine (C=N–C) groups is 1. The third-order valence-corrected chi connectivity index (χ3v) is 6.23. The first-order valence-electron chi connectivity index (χ1n) is 9.01. The topological polar surface area (TPSA) is 114 Å². The van der Waals surface area contributed by atoms with Crippen LogP contribution in [0.25, 0.3) is 0 Å². The molecule has 8 nitrogen and oxygen atoms in total. The molecule has 29 heavy (non-hydrogen) atoms. The van der Waals surface area contributed by atoms with Crippen LogP contribution in [0, 0.1) is 0 Å². The van der Waals surface area contributed by atoms with Gasteiger partial charge in [-0.25, -0.2) is 0 Å². The number of nitrogens with one attached hydrogen (secondary N) is 1. The molecule has 1 heterocycles. The van der Waals surface area contributed by atoms with Crippen LogP contribution in [-0.2, 0) is 14.3 Å². The van der Waals surface area contributed by atoms with Gasteiger partial charge in [0.2, 0.25) is 5.91 Å². The lowest BCUT2D eigenvalue weighted by Crippen LogP contribution is -2.41.